The van der Waals surface area contributed by atoms with Crippen molar-refractivity contribution < 1.29 is 4.79 Å². The van der Waals surface area contributed by atoms with Crippen LogP contribution < -0.4 is 5.32 Å². The van der Waals surface area contributed by atoms with Gasteiger partial charge < -0.3 is 5.32 Å². The van der Waals surface area contributed by atoms with Crippen LogP contribution in [0, 0.1) is 5.92 Å². The van der Waals surface area contributed by atoms with Crippen LogP contribution in [0.5, 0.6) is 0 Å². The van der Waals surface area contributed by atoms with E-state index in [1.54, 1.807) is 0 Å². The molecule has 0 bridgehead atoms. The third-order valence-corrected chi connectivity index (χ3v) is 2.52. The summed E-state index contributed by atoms with van der Waals surface area (Å²) in [7, 11) is 0. The number of rotatable bonds is 7. The minimum absolute atomic E-state index is 0.0879. The summed E-state index contributed by atoms with van der Waals surface area (Å²) in [5.41, 5.74) is 0. The molecule has 0 aliphatic rings. The largest absolute Gasteiger partial charge is 0.308 e. The average Bonchev–Trinajstić information content (AvgIpc) is 2.15. The fourth-order valence-electron chi connectivity index (χ4n) is 1.39. The van der Waals surface area contributed by atoms with Crippen molar-refractivity contribution in [2.75, 3.05) is 6.54 Å². The minimum Gasteiger partial charge on any atom is -0.308 e. The number of ketones is 1. The van der Waals surface area contributed by atoms with Gasteiger partial charge in [0.05, 0.1) is 6.04 Å². The molecule has 0 spiro atoms. The van der Waals surface area contributed by atoms with Gasteiger partial charge in [-0.1, -0.05) is 34.1 Å². The number of hydrogen-bond acceptors (Lipinski definition) is 2. The predicted molar refractivity (Wildman–Crippen MR) is 56.8 cm³/mol. The van der Waals surface area contributed by atoms with Gasteiger partial charge in [0.25, 0.3) is 0 Å². The Bertz CT molecular complexity index is 145. The number of carbonyl (C=O) groups is 1. The molecule has 0 saturated carbocycles. The molecule has 13 heavy (non-hydrogen) atoms. The first-order chi connectivity index (χ1) is 6.15. The van der Waals surface area contributed by atoms with Crippen LogP contribution in [0.3, 0.4) is 0 Å². The van der Waals surface area contributed by atoms with Gasteiger partial charge in [-0.3, -0.25) is 4.79 Å². The van der Waals surface area contributed by atoms with Crippen LogP contribution in [-0.4, -0.2) is 18.4 Å². The molecule has 2 nitrogen and oxygen atoms in total. The van der Waals surface area contributed by atoms with Crippen molar-refractivity contribution in [3.8, 4) is 0 Å². The second-order valence-corrected chi connectivity index (χ2v) is 3.68. The van der Waals surface area contributed by atoms with Gasteiger partial charge in [-0.05, 0) is 18.9 Å². The number of carbonyl (C=O) groups excluding carboxylic acids is 1. The summed E-state index contributed by atoms with van der Waals surface area (Å²) in [4.78, 5) is 11.5. The fraction of sp³-hybridized carbons (Fsp3) is 0.909. The Kier molecular flexibility index (Phi) is 6.87. The maximum absolute atomic E-state index is 11.5. The average molecular weight is 185 g/mol. The van der Waals surface area contributed by atoms with Gasteiger partial charge in [0, 0.05) is 6.42 Å². The highest BCUT2D eigenvalue weighted by molar-refractivity contribution is 5.83. The highest BCUT2D eigenvalue weighted by atomic mass is 16.1. The molecule has 0 fully saturated rings. The van der Waals surface area contributed by atoms with Crippen LogP contribution in [0.2, 0.25) is 0 Å². The van der Waals surface area contributed by atoms with Crippen molar-refractivity contribution in [3.05, 3.63) is 0 Å². The van der Waals surface area contributed by atoms with Crippen LogP contribution in [0.4, 0.5) is 0 Å². The Balaban J connectivity index is 4.00. The summed E-state index contributed by atoms with van der Waals surface area (Å²) in [6.07, 6.45) is 2.78. The van der Waals surface area contributed by atoms with E-state index in [-0.39, 0.29) is 6.04 Å². The quantitative estimate of drug-likeness (QED) is 0.660. The number of hydrogen-bond donors (Lipinski definition) is 1. The summed E-state index contributed by atoms with van der Waals surface area (Å²) in [6, 6.07) is 0.0879. The van der Waals surface area contributed by atoms with Crippen LogP contribution in [-0.2, 0) is 4.79 Å². The molecule has 0 radical (unpaired) electrons. The van der Waals surface area contributed by atoms with Crippen molar-refractivity contribution in [1.29, 1.82) is 0 Å². The lowest BCUT2D eigenvalue weighted by atomic mass is 9.96. The molecule has 0 saturated heterocycles. The number of likely N-dealkylation sites (N-methyl/N-ethyl adjacent to an activating group) is 1. The number of Topliss-reactive ketones (excluding diaryl/α,β-unsaturated/α-hetero) is 1. The lowest BCUT2D eigenvalue weighted by molar-refractivity contribution is -0.121. The summed E-state index contributed by atoms with van der Waals surface area (Å²) in [6.45, 7) is 9.24. The standard InChI is InChI=1S/C11H23NO/c1-5-9(4)8-10(12-7-3)11(13)6-2/h9-10,12H,5-8H2,1-4H3. The van der Waals surface area contributed by atoms with E-state index in [9.17, 15) is 4.79 Å². The fourth-order valence-corrected chi connectivity index (χ4v) is 1.39. The van der Waals surface area contributed by atoms with Gasteiger partial charge >= 0.3 is 0 Å². The van der Waals surface area contributed by atoms with Crippen LogP contribution >= 0.6 is 0 Å². The first kappa shape index (κ1) is 12.6. The molecule has 0 aliphatic carbocycles. The van der Waals surface area contributed by atoms with E-state index in [4.69, 9.17) is 0 Å². The predicted octanol–water partition coefficient (Wildman–Crippen LogP) is 2.38. The molecule has 0 rings (SSSR count). The monoisotopic (exact) mass is 185 g/mol. The Labute approximate surface area is 82.1 Å². The third kappa shape index (κ3) is 5.04. The second-order valence-electron chi connectivity index (χ2n) is 3.68. The molecule has 0 aromatic carbocycles. The molecule has 0 aromatic rings. The Morgan fingerprint density at radius 2 is 1.92 bits per heavy atom. The van der Waals surface area contributed by atoms with Crippen molar-refractivity contribution in [2.45, 2.75) is 53.0 Å². The van der Waals surface area contributed by atoms with E-state index in [2.05, 4.69) is 19.2 Å². The summed E-state index contributed by atoms with van der Waals surface area (Å²) >= 11 is 0. The van der Waals surface area contributed by atoms with Crippen molar-refractivity contribution >= 4 is 5.78 Å². The summed E-state index contributed by atoms with van der Waals surface area (Å²) < 4.78 is 0. The topological polar surface area (TPSA) is 29.1 Å². The molecule has 2 unspecified atom stereocenters. The molecule has 0 amide bonds. The lowest BCUT2D eigenvalue weighted by Gasteiger charge is -2.19. The molecule has 78 valence electrons. The van der Waals surface area contributed by atoms with Gasteiger partial charge in [0.1, 0.15) is 5.78 Å². The molecule has 2 atom stereocenters. The van der Waals surface area contributed by atoms with E-state index in [0.29, 0.717) is 18.1 Å². The summed E-state index contributed by atoms with van der Waals surface area (Å²) in [5, 5.41) is 3.25. The smallest absolute Gasteiger partial charge is 0.149 e. The highest BCUT2D eigenvalue weighted by Gasteiger charge is 2.17. The molecule has 0 heterocycles. The normalized spacial score (nSPS) is 15.4. The van der Waals surface area contributed by atoms with E-state index >= 15 is 0 Å². The van der Waals surface area contributed by atoms with E-state index in [1.165, 1.54) is 0 Å². The van der Waals surface area contributed by atoms with Gasteiger partial charge in [-0.2, -0.15) is 0 Å². The molecule has 2 heteroatoms. The molecule has 1 N–H and O–H groups in total. The highest BCUT2D eigenvalue weighted by Crippen LogP contribution is 2.11. The zero-order valence-electron chi connectivity index (χ0n) is 9.39. The Hall–Kier alpha value is -0.370. The molecular weight excluding hydrogens is 162 g/mol. The van der Waals surface area contributed by atoms with Gasteiger partial charge in [0.2, 0.25) is 0 Å². The molecule has 0 aromatic heterocycles. The first-order valence-corrected chi connectivity index (χ1v) is 5.41. The third-order valence-electron chi connectivity index (χ3n) is 2.52. The van der Waals surface area contributed by atoms with Gasteiger partial charge in [-0.25, -0.2) is 0 Å². The SMILES string of the molecule is CCNC(CC(C)CC)C(=O)CC. The van der Waals surface area contributed by atoms with Crippen LogP contribution in [0.15, 0.2) is 0 Å². The van der Waals surface area contributed by atoms with Crippen molar-refractivity contribution in [3.63, 3.8) is 0 Å². The second kappa shape index (κ2) is 7.07. The Morgan fingerprint density at radius 3 is 2.31 bits per heavy atom. The number of nitrogens with one attached hydrogen (secondary N) is 1. The zero-order chi connectivity index (χ0) is 10.3. The lowest BCUT2D eigenvalue weighted by Crippen LogP contribution is -2.37. The van der Waals surface area contributed by atoms with E-state index in [1.807, 2.05) is 13.8 Å². The first-order valence-electron chi connectivity index (χ1n) is 5.41. The maximum Gasteiger partial charge on any atom is 0.149 e. The van der Waals surface area contributed by atoms with Gasteiger partial charge in [-0.15, -0.1) is 0 Å². The minimum atomic E-state index is 0.0879. The molecular formula is C11H23NO. The van der Waals surface area contributed by atoms with Crippen molar-refractivity contribution in [2.24, 2.45) is 5.92 Å². The van der Waals surface area contributed by atoms with Crippen molar-refractivity contribution in [1.82, 2.24) is 5.32 Å². The summed E-state index contributed by atoms with van der Waals surface area (Å²) in [5.74, 6) is 0.988. The van der Waals surface area contributed by atoms with Gasteiger partial charge in [0.15, 0.2) is 0 Å². The zero-order valence-corrected chi connectivity index (χ0v) is 9.39. The van der Waals surface area contributed by atoms with Crippen LogP contribution in [0.25, 0.3) is 0 Å². The van der Waals surface area contributed by atoms with E-state index < -0.39 is 0 Å². The molecule has 0 aliphatic heterocycles. The van der Waals surface area contributed by atoms with E-state index in [0.717, 1.165) is 19.4 Å². The van der Waals surface area contributed by atoms with Crippen LogP contribution in [0.1, 0.15) is 47.0 Å². The maximum atomic E-state index is 11.5. The Morgan fingerprint density at radius 1 is 1.31 bits per heavy atom.